The Morgan fingerprint density at radius 2 is 2.00 bits per heavy atom. The fraction of sp³-hybridized carbons (Fsp3) is 0.333. The molecule has 0 radical (unpaired) electrons. The summed E-state index contributed by atoms with van der Waals surface area (Å²) in [6.07, 6.45) is 5.10. The molecule has 0 spiro atoms. The van der Waals surface area contributed by atoms with Crippen LogP contribution in [0, 0.1) is 0 Å². The number of amides is 2. The van der Waals surface area contributed by atoms with Crippen LogP contribution >= 0.6 is 0 Å². The van der Waals surface area contributed by atoms with Crippen LogP contribution in [-0.2, 0) is 9.59 Å². The Morgan fingerprint density at radius 3 is 2.90 bits per heavy atom. The van der Waals surface area contributed by atoms with Gasteiger partial charge in [0.1, 0.15) is 23.7 Å². The summed E-state index contributed by atoms with van der Waals surface area (Å²) in [6, 6.07) is 7.52. The van der Waals surface area contributed by atoms with E-state index in [1.807, 2.05) is 24.3 Å². The van der Waals surface area contributed by atoms with E-state index in [4.69, 9.17) is 4.74 Å². The summed E-state index contributed by atoms with van der Waals surface area (Å²) in [6.45, 7) is 1.57. The van der Waals surface area contributed by atoms with Crippen LogP contribution in [0.15, 0.2) is 36.8 Å². The van der Waals surface area contributed by atoms with Gasteiger partial charge in [0.25, 0.3) is 5.91 Å². The van der Waals surface area contributed by atoms with Crippen molar-refractivity contribution in [2.24, 2.45) is 0 Å². The standard InChI is InChI=1S/C21H24N6O3/c1-27-9-8-22-19-18-16(21(29)26-20(18)25-13-24-19)12-23-14-5-4-6-15(11-14)30-10-3-2-7-17(27)28/h4-6,11-13,23H,2-3,7-10H2,1H3,(H2,22,24,25,26,29)/b16-12-. The molecule has 3 N–H and O–H groups in total. The van der Waals surface area contributed by atoms with Crippen LogP contribution in [0.5, 0.6) is 5.75 Å². The topological polar surface area (TPSA) is 108 Å². The fourth-order valence-electron chi connectivity index (χ4n) is 3.35. The number of likely N-dealkylation sites (N-methyl/N-ethyl adjacent to an activating group) is 1. The first-order valence-corrected chi connectivity index (χ1v) is 9.96. The molecule has 2 amide bonds. The molecule has 0 unspecified atom stereocenters. The van der Waals surface area contributed by atoms with E-state index in [0.717, 1.165) is 24.3 Å². The monoisotopic (exact) mass is 408 g/mol. The molecule has 9 heteroatoms. The third-order valence-corrected chi connectivity index (χ3v) is 5.03. The second-order valence-electron chi connectivity index (χ2n) is 7.18. The normalized spacial score (nSPS) is 19.1. The Morgan fingerprint density at radius 1 is 1.13 bits per heavy atom. The fourth-order valence-corrected chi connectivity index (χ4v) is 3.35. The van der Waals surface area contributed by atoms with Crippen LogP contribution in [0.2, 0.25) is 0 Å². The number of ether oxygens (including phenoxy) is 1. The summed E-state index contributed by atoms with van der Waals surface area (Å²) >= 11 is 0. The maximum atomic E-state index is 12.5. The van der Waals surface area contributed by atoms with Gasteiger partial charge in [-0.15, -0.1) is 0 Å². The van der Waals surface area contributed by atoms with E-state index in [2.05, 4.69) is 25.9 Å². The summed E-state index contributed by atoms with van der Waals surface area (Å²) in [5.74, 6) is 1.57. The number of fused-ring (bicyclic) bond motifs is 2. The van der Waals surface area contributed by atoms with Gasteiger partial charge in [0.2, 0.25) is 5.91 Å². The lowest BCUT2D eigenvalue weighted by Gasteiger charge is -2.18. The van der Waals surface area contributed by atoms with Crippen LogP contribution in [0.4, 0.5) is 17.3 Å². The Hall–Kier alpha value is -3.62. The van der Waals surface area contributed by atoms with Gasteiger partial charge in [0, 0.05) is 44.5 Å². The summed E-state index contributed by atoms with van der Waals surface area (Å²) in [4.78, 5) is 35.0. The van der Waals surface area contributed by atoms with Gasteiger partial charge in [-0.05, 0) is 25.0 Å². The molecule has 156 valence electrons. The number of nitrogens with zero attached hydrogens (tertiary/aromatic N) is 3. The Labute approximate surface area is 174 Å². The van der Waals surface area contributed by atoms with Gasteiger partial charge in [-0.3, -0.25) is 9.59 Å². The zero-order valence-electron chi connectivity index (χ0n) is 16.8. The van der Waals surface area contributed by atoms with Crippen molar-refractivity contribution in [2.45, 2.75) is 19.3 Å². The molecule has 2 aromatic rings. The lowest BCUT2D eigenvalue weighted by atomic mass is 10.1. The number of nitrogens with one attached hydrogen (secondary N) is 3. The molecule has 30 heavy (non-hydrogen) atoms. The molecule has 2 aliphatic heterocycles. The highest BCUT2D eigenvalue weighted by Crippen LogP contribution is 2.34. The lowest BCUT2D eigenvalue weighted by molar-refractivity contribution is -0.129. The van der Waals surface area contributed by atoms with Crippen LogP contribution in [0.1, 0.15) is 24.8 Å². The zero-order valence-corrected chi connectivity index (χ0v) is 16.8. The first kappa shape index (κ1) is 19.7. The van der Waals surface area contributed by atoms with Crippen LogP contribution in [0.25, 0.3) is 5.57 Å². The minimum absolute atomic E-state index is 0.0921. The molecular weight excluding hydrogens is 384 g/mol. The van der Waals surface area contributed by atoms with E-state index in [1.54, 1.807) is 18.1 Å². The number of aromatic nitrogens is 2. The average Bonchev–Trinajstić information content (AvgIpc) is 3.07. The van der Waals surface area contributed by atoms with E-state index >= 15 is 0 Å². The van der Waals surface area contributed by atoms with Gasteiger partial charge >= 0.3 is 0 Å². The molecule has 0 saturated carbocycles. The largest absolute Gasteiger partial charge is 0.494 e. The molecule has 1 aromatic heterocycles. The van der Waals surface area contributed by atoms with Gasteiger partial charge in [0.05, 0.1) is 17.7 Å². The molecule has 4 rings (SSSR count). The van der Waals surface area contributed by atoms with E-state index in [1.165, 1.54) is 6.33 Å². The second-order valence-corrected chi connectivity index (χ2v) is 7.18. The highest BCUT2D eigenvalue weighted by molar-refractivity contribution is 6.32. The van der Waals surface area contributed by atoms with Crippen molar-refractivity contribution in [3.05, 3.63) is 42.4 Å². The summed E-state index contributed by atoms with van der Waals surface area (Å²) in [5.41, 5.74) is 1.84. The number of carbonyl (C=O) groups excluding carboxylic acids is 2. The van der Waals surface area contributed by atoms with Crippen molar-refractivity contribution in [3.63, 3.8) is 0 Å². The van der Waals surface area contributed by atoms with Crippen molar-refractivity contribution in [2.75, 3.05) is 42.7 Å². The molecular formula is C21H24N6O3. The quantitative estimate of drug-likeness (QED) is 0.614. The van der Waals surface area contributed by atoms with E-state index in [9.17, 15) is 9.59 Å². The van der Waals surface area contributed by atoms with Gasteiger partial charge in [0.15, 0.2) is 0 Å². The molecule has 1 aromatic carbocycles. The number of hydrogen-bond donors (Lipinski definition) is 3. The first-order valence-electron chi connectivity index (χ1n) is 9.96. The number of benzene rings is 1. The Balaban J connectivity index is 1.64. The van der Waals surface area contributed by atoms with Crippen LogP contribution in [-0.4, -0.2) is 53.4 Å². The van der Waals surface area contributed by atoms with Crippen molar-refractivity contribution < 1.29 is 14.3 Å². The highest BCUT2D eigenvalue weighted by Gasteiger charge is 2.29. The van der Waals surface area contributed by atoms with Gasteiger partial charge in [-0.25, -0.2) is 9.97 Å². The molecule has 9 nitrogen and oxygen atoms in total. The zero-order chi connectivity index (χ0) is 20.9. The Bertz CT molecular complexity index is 990. The third-order valence-electron chi connectivity index (χ3n) is 5.03. The minimum atomic E-state index is -0.254. The van der Waals surface area contributed by atoms with Gasteiger partial charge < -0.3 is 25.6 Å². The number of carbonyl (C=O) groups is 2. The average molecular weight is 408 g/mol. The number of hydrogen-bond acceptors (Lipinski definition) is 7. The third kappa shape index (κ3) is 4.35. The number of rotatable bonds is 0. The maximum absolute atomic E-state index is 12.5. The van der Waals surface area contributed by atoms with Crippen molar-refractivity contribution in [1.29, 1.82) is 0 Å². The number of anilines is 3. The molecule has 2 bridgehead atoms. The molecule has 0 aliphatic carbocycles. The SMILES string of the molecule is CN1CCNc2ncnc3c2/C(=C/Nc2cccc(c2)OCCCCC1=O)C(=O)N3. The minimum Gasteiger partial charge on any atom is -0.494 e. The second kappa shape index (κ2) is 8.81. The Kier molecular flexibility index (Phi) is 5.78. The predicted molar refractivity (Wildman–Crippen MR) is 114 cm³/mol. The molecule has 0 atom stereocenters. The van der Waals surface area contributed by atoms with E-state index in [-0.39, 0.29) is 11.8 Å². The predicted octanol–water partition coefficient (Wildman–Crippen LogP) is 2.31. The lowest BCUT2D eigenvalue weighted by Crippen LogP contribution is -2.31. The summed E-state index contributed by atoms with van der Waals surface area (Å²) in [5, 5.41) is 9.16. The highest BCUT2D eigenvalue weighted by atomic mass is 16.5. The van der Waals surface area contributed by atoms with Crippen molar-refractivity contribution >= 4 is 34.7 Å². The smallest absolute Gasteiger partial charge is 0.259 e. The van der Waals surface area contributed by atoms with Gasteiger partial charge in [-0.1, -0.05) is 6.07 Å². The maximum Gasteiger partial charge on any atom is 0.259 e. The van der Waals surface area contributed by atoms with E-state index in [0.29, 0.717) is 48.9 Å². The molecule has 3 heterocycles. The molecule has 2 aliphatic rings. The van der Waals surface area contributed by atoms with Crippen LogP contribution < -0.4 is 20.7 Å². The summed E-state index contributed by atoms with van der Waals surface area (Å²) in [7, 11) is 1.79. The first-order chi connectivity index (χ1) is 14.6. The molecule has 0 saturated heterocycles. The van der Waals surface area contributed by atoms with Gasteiger partial charge in [-0.2, -0.15) is 0 Å². The van der Waals surface area contributed by atoms with E-state index < -0.39 is 0 Å². The molecule has 0 fully saturated rings. The summed E-state index contributed by atoms with van der Waals surface area (Å²) < 4.78 is 5.80. The van der Waals surface area contributed by atoms with Crippen molar-refractivity contribution in [1.82, 2.24) is 14.9 Å². The van der Waals surface area contributed by atoms with Crippen LogP contribution in [0.3, 0.4) is 0 Å². The van der Waals surface area contributed by atoms with Crippen molar-refractivity contribution in [3.8, 4) is 5.75 Å².